The van der Waals surface area contributed by atoms with Gasteiger partial charge in [-0.15, -0.1) is 0 Å². The number of aliphatic hydroxyl groups is 1. The maximum atomic E-state index is 12.1. The molecule has 116 valence electrons. The summed E-state index contributed by atoms with van der Waals surface area (Å²) in [6, 6.07) is 5.62. The van der Waals surface area contributed by atoms with Gasteiger partial charge in [0.25, 0.3) is 5.91 Å². The van der Waals surface area contributed by atoms with Crippen LogP contribution in [-0.2, 0) is 4.79 Å². The molecule has 1 unspecified atom stereocenters. The van der Waals surface area contributed by atoms with Crippen molar-refractivity contribution in [3.8, 4) is 5.75 Å². The first-order valence-corrected chi connectivity index (χ1v) is 7.35. The van der Waals surface area contributed by atoms with Gasteiger partial charge < -0.3 is 19.6 Å². The fraction of sp³-hybridized carbons (Fsp3) is 0.562. The molecule has 2 rings (SSSR count). The molecule has 1 aliphatic rings. The topological polar surface area (TPSA) is 53.0 Å². The summed E-state index contributed by atoms with van der Waals surface area (Å²) in [6.07, 6.45) is -0.612. The Morgan fingerprint density at radius 1 is 1.33 bits per heavy atom. The first-order chi connectivity index (χ1) is 9.97. The van der Waals surface area contributed by atoms with E-state index in [-0.39, 0.29) is 12.5 Å². The minimum absolute atomic E-state index is 0.000202. The smallest absolute Gasteiger partial charge is 0.260 e. The number of aryl methyl sites for hydroxylation is 1. The fourth-order valence-electron chi connectivity index (χ4n) is 2.41. The third-order valence-electron chi connectivity index (χ3n) is 3.82. The Morgan fingerprint density at radius 3 is 2.62 bits per heavy atom. The molecular weight excluding hydrogens is 268 g/mol. The van der Waals surface area contributed by atoms with E-state index in [0.717, 1.165) is 37.3 Å². The van der Waals surface area contributed by atoms with Crippen LogP contribution in [-0.4, -0.2) is 60.6 Å². The Balaban J connectivity index is 1.95. The van der Waals surface area contributed by atoms with Crippen LogP contribution < -0.4 is 4.74 Å². The van der Waals surface area contributed by atoms with Crippen LogP contribution in [0.3, 0.4) is 0 Å². The fourth-order valence-corrected chi connectivity index (χ4v) is 2.41. The molecule has 1 amide bonds. The second-order valence-electron chi connectivity index (χ2n) is 5.69. The van der Waals surface area contributed by atoms with E-state index in [1.165, 1.54) is 0 Å². The lowest BCUT2D eigenvalue weighted by Crippen LogP contribution is -2.48. The van der Waals surface area contributed by atoms with Crippen LogP contribution in [0.25, 0.3) is 0 Å². The van der Waals surface area contributed by atoms with Crippen molar-refractivity contribution in [2.24, 2.45) is 0 Å². The van der Waals surface area contributed by atoms with E-state index < -0.39 is 6.10 Å². The van der Waals surface area contributed by atoms with Crippen molar-refractivity contribution in [1.29, 1.82) is 0 Å². The molecule has 1 aromatic carbocycles. The van der Waals surface area contributed by atoms with Crippen molar-refractivity contribution in [2.75, 3.05) is 39.8 Å². The largest absolute Gasteiger partial charge is 0.483 e. The molecule has 0 saturated carbocycles. The van der Waals surface area contributed by atoms with E-state index in [1.54, 1.807) is 6.92 Å². The predicted molar refractivity (Wildman–Crippen MR) is 81.4 cm³/mol. The summed E-state index contributed by atoms with van der Waals surface area (Å²) in [5.41, 5.74) is 1.78. The molecule has 1 N–H and O–H groups in total. The normalized spacial score (nSPS) is 17.6. The highest BCUT2D eigenvalue weighted by Gasteiger charge is 2.20. The number of carbonyl (C=O) groups excluding carboxylic acids is 1. The van der Waals surface area contributed by atoms with Crippen LogP contribution >= 0.6 is 0 Å². The highest BCUT2D eigenvalue weighted by atomic mass is 16.5. The van der Waals surface area contributed by atoms with Crippen molar-refractivity contribution in [2.45, 2.75) is 20.0 Å². The molecule has 0 aromatic heterocycles. The second kappa shape index (κ2) is 6.91. The molecule has 5 nitrogen and oxygen atoms in total. The Labute approximate surface area is 126 Å². The van der Waals surface area contributed by atoms with E-state index in [0.29, 0.717) is 5.75 Å². The van der Waals surface area contributed by atoms with Gasteiger partial charge in [0.05, 0.1) is 6.10 Å². The van der Waals surface area contributed by atoms with Gasteiger partial charge in [0.1, 0.15) is 5.75 Å². The molecular formula is C16H24N2O3. The number of nitrogens with zero attached hydrogens (tertiary/aromatic N) is 2. The Kier molecular flexibility index (Phi) is 5.20. The van der Waals surface area contributed by atoms with Crippen LogP contribution in [0.2, 0.25) is 0 Å². The Morgan fingerprint density at radius 2 is 2.00 bits per heavy atom. The molecule has 0 bridgehead atoms. The predicted octanol–water partition coefficient (Wildman–Crippen LogP) is 1.20. The van der Waals surface area contributed by atoms with Crippen LogP contribution in [0.15, 0.2) is 18.2 Å². The number of benzene rings is 1. The number of aliphatic hydroxyl groups excluding tert-OH is 1. The zero-order valence-corrected chi connectivity index (χ0v) is 13.0. The van der Waals surface area contributed by atoms with E-state index >= 15 is 0 Å². The Hall–Kier alpha value is -1.59. The van der Waals surface area contributed by atoms with Gasteiger partial charge in [-0.25, -0.2) is 0 Å². The average Bonchev–Trinajstić information content (AvgIpc) is 2.46. The van der Waals surface area contributed by atoms with Crippen molar-refractivity contribution in [3.05, 3.63) is 29.3 Å². The average molecular weight is 292 g/mol. The number of ether oxygens (including phenoxy) is 1. The number of hydrogen-bond donors (Lipinski definition) is 1. The lowest BCUT2D eigenvalue weighted by atomic mass is 10.1. The number of carbonyl (C=O) groups is 1. The Bertz CT molecular complexity index is 494. The molecule has 0 spiro atoms. The lowest BCUT2D eigenvalue weighted by molar-refractivity contribution is -0.134. The number of rotatable bonds is 4. The van der Waals surface area contributed by atoms with Crippen molar-refractivity contribution in [3.63, 3.8) is 0 Å². The zero-order valence-electron chi connectivity index (χ0n) is 13.0. The third-order valence-corrected chi connectivity index (χ3v) is 3.82. The summed E-state index contributed by atoms with van der Waals surface area (Å²) in [6.45, 7) is 6.97. The highest BCUT2D eigenvalue weighted by molar-refractivity contribution is 5.78. The first kappa shape index (κ1) is 15.8. The maximum absolute atomic E-state index is 12.1. The van der Waals surface area contributed by atoms with Gasteiger partial charge in [-0.05, 0) is 33.0 Å². The van der Waals surface area contributed by atoms with Crippen LogP contribution in [0.1, 0.15) is 24.2 Å². The standard InChI is InChI=1S/C16H24N2O3/c1-12-4-5-15(14(10-12)13(2)19)21-11-16(20)18-8-6-17(3)7-9-18/h4-5,10,13,19H,6-9,11H2,1-3H3. The van der Waals surface area contributed by atoms with Gasteiger partial charge in [0.2, 0.25) is 0 Å². The molecule has 5 heteroatoms. The monoisotopic (exact) mass is 292 g/mol. The summed E-state index contributed by atoms with van der Waals surface area (Å²) in [5, 5.41) is 9.79. The number of likely N-dealkylation sites (N-methyl/N-ethyl adjacent to an activating group) is 1. The summed E-state index contributed by atoms with van der Waals surface area (Å²) in [4.78, 5) is 16.2. The number of amides is 1. The van der Waals surface area contributed by atoms with Gasteiger partial charge >= 0.3 is 0 Å². The van der Waals surface area contributed by atoms with Crippen LogP contribution in [0.4, 0.5) is 0 Å². The van der Waals surface area contributed by atoms with Gasteiger partial charge in [0, 0.05) is 31.7 Å². The van der Waals surface area contributed by atoms with Crippen molar-refractivity contribution >= 4 is 5.91 Å². The quantitative estimate of drug-likeness (QED) is 0.906. The maximum Gasteiger partial charge on any atom is 0.260 e. The summed E-state index contributed by atoms with van der Waals surface area (Å²) < 4.78 is 5.63. The minimum atomic E-state index is -0.612. The summed E-state index contributed by atoms with van der Waals surface area (Å²) >= 11 is 0. The SMILES string of the molecule is Cc1ccc(OCC(=O)N2CCN(C)CC2)c(C(C)O)c1. The van der Waals surface area contributed by atoms with Gasteiger partial charge in [-0.3, -0.25) is 4.79 Å². The van der Waals surface area contributed by atoms with E-state index in [1.807, 2.05) is 30.0 Å². The molecule has 21 heavy (non-hydrogen) atoms. The lowest BCUT2D eigenvalue weighted by Gasteiger charge is -2.32. The van der Waals surface area contributed by atoms with Crippen molar-refractivity contribution < 1.29 is 14.6 Å². The summed E-state index contributed by atoms with van der Waals surface area (Å²) in [5.74, 6) is 0.582. The third kappa shape index (κ3) is 4.19. The number of hydrogen-bond acceptors (Lipinski definition) is 4. The van der Waals surface area contributed by atoms with Crippen LogP contribution in [0.5, 0.6) is 5.75 Å². The van der Waals surface area contributed by atoms with E-state index in [4.69, 9.17) is 4.74 Å². The zero-order chi connectivity index (χ0) is 15.4. The molecule has 1 atom stereocenters. The molecule has 0 radical (unpaired) electrons. The second-order valence-corrected chi connectivity index (χ2v) is 5.69. The van der Waals surface area contributed by atoms with E-state index in [2.05, 4.69) is 11.9 Å². The number of piperazine rings is 1. The van der Waals surface area contributed by atoms with Crippen molar-refractivity contribution in [1.82, 2.24) is 9.80 Å². The molecule has 0 aliphatic carbocycles. The first-order valence-electron chi connectivity index (χ1n) is 7.35. The van der Waals surface area contributed by atoms with Gasteiger partial charge in [-0.1, -0.05) is 11.6 Å². The molecule has 1 heterocycles. The molecule has 1 aromatic rings. The van der Waals surface area contributed by atoms with E-state index in [9.17, 15) is 9.90 Å². The summed E-state index contributed by atoms with van der Waals surface area (Å²) in [7, 11) is 2.06. The molecule has 1 aliphatic heterocycles. The minimum Gasteiger partial charge on any atom is -0.483 e. The van der Waals surface area contributed by atoms with Gasteiger partial charge in [-0.2, -0.15) is 0 Å². The highest BCUT2D eigenvalue weighted by Crippen LogP contribution is 2.26. The van der Waals surface area contributed by atoms with Gasteiger partial charge in [0.15, 0.2) is 6.61 Å². The molecule has 1 fully saturated rings. The van der Waals surface area contributed by atoms with Crippen LogP contribution in [0, 0.1) is 6.92 Å². The molecule has 1 saturated heterocycles.